The minimum Gasteiger partial charge on any atom is -0.490 e. The summed E-state index contributed by atoms with van der Waals surface area (Å²) in [5.41, 5.74) is 1.65. The van der Waals surface area contributed by atoms with Gasteiger partial charge in [-0.15, -0.1) is 0 Å². The molecule has 3 aliphatic rings. The highest BCUT2D eigenvalue weighted by molar-refractivity contribution is 6.06. The summed E-state index contributed by atoms with van der Waals surface area (Å²) in [6, 6.07) is 4.66. The number of halogens is 2. The fourth-order valence-electron chi connectivity index (χ4n) is 4.80. The Balaban J connectivity index is 1.49. The Bertz CT molecular complexity index is 1220. The average Bonchev–Trinajstić information content (AvgIpc) is 3.38. The molecular weight excluding hydrogens is 434 g/mol. The fourth-order valence-corrected chi connectivity index (χ4v) is 4.80. The monoisotopic (exact) mass is 458 g/mol. The summed E-state index contributed by atoms with van der Waals surface area (Å²) < 4.78 is 43.4. The average molecular weight is 458 g/mol. The summed E-state index contributed by atoms with van der Waals surface area (Å²) in [4.78, 5) is 21.7. The quantitative estimate of drug-likeness (QED) is 0.571. The first-order valence-corrected chi connectivity index (χ1v) is 10.7. The second kappa shape index (κ2) is 7.65. The van der Waals surface area contributed by atoms with E-state index in [1.165, 1.54) is 18.3 Å². The molecule has 33 heavy (non-hydrogen) atoms. The number of anilines is 1. The van der Waals surface area contributed by atoms with Crippen LogP contribution in [0, 0.1) is 0 Å². The maximum Gasteiger partial charge on any atom is 0.388 e. The van der Waals surface area contributed by atoms with E-state index in [1.807, 2.05) is 20.0 Å². The highest BCUT2D eigenvalue weighted by atomic mass is 19.3. The lowest BCUT2D eigenvalue weighted by molar-refractivity contribution is -0.0523. The molecule has 0 aromatic carbocycles. The fraction of sp³-hybridized carbons (Fsp3) is 0.435. The van der Waals surface area contributed by atoms with Crippen LogP contribution >= 0.6 is 0 Å². The molecule has 2 aliphatic heterocycles. The number of hydrogen-bond acceptors (Lipinski definition) is 6. The molecule has 10 heteroatoms. The second-order valence-electron chi connectivity index (χ2n) is 9.17. The number of aromatic nitrogens is 3. The number of imidazole rings is 1. The molecule has 3 fully saturated rings. The van der Waals surface area contributed by atoms with Crippen molar-refractivity contribution >= 4 is 17.2 Å². The molecule has 0 unspecified atom stereocenters. The Labute approximate surface area is 188 Å². The number of rotatable bonds is 7. The smallest absolute Gasteiger partial charge is 0.388 e. The first kappa shape index (κ1) is 21.6. The molecule has 5 heterocycles. The first-order valence-electron chi connectivity index (χ1n) is 10.7. The van der Waals surface area contributed by atoms with Gasteiger partial charge < -0.3 is 23.9 Å². The molecule has 6 rings (SSSR count). The molecule has 1 amide bonds. The van der Waals surface area contributed by atoms with E-state index in [9.17, 15) is 13.6 Å². The van der Waals surface area contributed by atoms with Gasteiger partial charge in [-0.2, -0.15) is 8.78 Å². The van der Waals surface area contributed by atoms with Gasteiger partial charge in [0.2, 0.25) is 5.88 Å². The van der Waals surface area contributed by atoms with Gasteiger partial charge in [-0.3, -0.25) is 4.79 Å². The van der Waals surface area contributed by atoms with E-state index < -0.39 is 12.5 Å². The topological polar surface area (TPSA) is 87.0 Å². The molecule has 1 aliphatic carbocycles. The van der Waals surface area contributed by atoms with Crippen molar-refractivity contribution in [1.29, 1.82) is 0 Å². The zero-order valence-corrected chi connectivity index (χ0v) is 18.5. The van der Waals surface area contributed by atoms with Crippen molar-refractivity contribution in [3.8, 4) is 11.6 Å². The Kier molecular flexibility index (Phi) is 5.00. The van der Waals surface area contributed by atoms with Gasteiger partial charge in [-0.25, -0.2) is 9.97 Å². The van der Waals surface area contributed by atoms with Gasteiger partial charge in [0.15, 0.2) is 0 Å². The van der Waals surface area contributed by atoms with E-state index in [4.69, 9.17) is 14.5 Å². The van der Waals surface area contributed by atoms with E-state index in [2.05, 4.69) is 22.0 Å². The van der Waals surface area contributed by atoms with Gasteiger partial charge in [-0.05, 0) is 45.7 Å². The van der Waals surface area contributed by atoms with Crippen molar-refractivity contribution in [1.82, 2.24) is 14.4 Å². The molecule has 0 radical (unpaired) electrons. The summed E-state index contributed by atoms with van der Waals surface area (Å²) in [5, 5.41) is 2.60. The van der Waals surface area contributed by atoms with Gasteiger partial charge in [0.1, 0.15) is 17.1 Å². The van der Waals surface area contributed by atoms with Gasteiger partial charge in [0, 0.05) is 30.1 Å². The summed E-state index contributed by atoms with van der Waals surface area (Å²) >= 11 is 0. The molecule has 3 aromatic heterocycles. The van der Waals surface area contributed by atoms with Crippen molar-refractivity contribution in [3.05, 3.63) is 48.0 Å². The number of pyridine rings is 2. The SMILES string of the molecule is CC(C)Oc1cc2nc(C34COC(C)(C3)C4)cn2cc1C(=O)Nc1cccnc1OC(F)F. The second-order valence-corrected chi connectivity index (χ2v) is 9.17. The molecule has 3 aromatic rings. The maximum atomic E-state index is 13.2. The lowest BCUT2D eigenvalue weighted by atomic mass is 9.62. The Morgan fingerprint density at radius 2 is 2.06 bits per heavy atom. The van der Waals surface area contributed by atoms with Crippen LogP contribution in [0.15, 0.2) is 36.8 Å². The van der Waals surface area contributed by atoms with Crippen LogP contribution in [0.5, 0.6) is 11.6 Å². The van der Waals surface area contributed by atoms with E-state index in [0.717, 1.165) is 18.5 Å². The van der Waals surface area contributed by atoms with E-state index in [1.54, 1.807) is 16.7 Å². The van der Waals surface area contributed by atoms with Crippen LogP contribution < -0.4 is 14.8 Å². The number of nitrogens with zero attached hydrogens (tertiary/aromatic N) is 3. The van der Waals surface area contributed by atoms with Crippen molar-refractivity contribution in [2.75, 3.05) is 11.9 Å². The minimum absolute atomic E-state index is 0.0282. The molecular formula is C23H24F2N4O4. The zero-order chi connectivity index (χ0) is 23.4. The minimum atomic E-state index is -3.07. The Hall–Kier alpha value is -3.27. The summed E-state index contributed by atoms with van der Waals surface area (Å²) in [5.74, 6) is -0.578. The predicted molar refractivity (Wildman–Crippen MR) is 115 cm³/mol. The highest BCUT2D eigenvalue weighted by Gasteiger charge is 2.61. The van der Waals surface area contributed by atoms with Gasteiger partial charge in [-0.1, -0.05) is 0 Å². The van der Waals surface area contributed by atoms with Crippen molar-refractivity contribution in [2.24, 2.45) is 0 Å². The lowest BCUT2D eigenvalue weighted by Gasteiger charge is -2.41. The first-order chi connectivity index (χ1) is 15.7. The maximum absolute atomic E-state index is 13.2. The number of ether oxygens (including phenoxy) is 3. The molecule has 8 nitrogen and oxygen atoms in total. The highest BCUT2D eigenvalue weighted by Crippen LogP contribution is 2.58. The van der Waals surface area contributed by atoms with Crippen LogP contribution in [0.4, 0.5) is 14.5 Å². The molecule has 2 saturated heterocycles. The van der Waals surface area contributed by atoms with Crippen molar-refractivity contribution in [2.45, 2.75) is 57.3 Å². The third-order valence-electron chi connectivity index (χ3n) is 6.05. The summed E-state index contributed by atoms with van der Waals surface area (Å²) in [7, 11) is 0. The number of carbonyl (C=O) groups excluding carboxylic acids is 1. The van der Waals surface area contributed by atoms with Crippen LogP contribution in [-0.2, 0) is 10.2 Å². The molecule has 0 spiro atoms. The summed E-state index contributed by atoms with van der Waals surface area (Å²) in [6.07, 6.45) is 6.49. The Morgan fingerprint density at radius 1 is 1.27 bits per heavy atom. The number of fused-ring (bicyclic) bond motifs is 2. The van der Waals surface area contributed by atoms with Gasteiger partial charge >= 0.3 is 6.61 Å². The van der Waals surface area contributed by atoms with E-state index >= 15 is 0 Å². The van der Waals surface area contributed by atoms with Gasteiger partial charge in [0.25, 0.3) is 5.91 Å². The number of amides is 1. The Morgan fingerprint density at radius 3 is 2.73 bits per heavy atom. The lowest BCUT2D eigenvalue weighted by Crippen LogP contribution is -2.45. The largest absolute Gasteiger partial charge is 0.490 e. The normalized spacial score (nSPS) is 23.7. The molecule has 2 bridgehead atoms. The van der Waals surface area contributed by atoms with Crippen LogP contribution in [0.1, 0.15) is 49.7 Å². The predicted octanol–water partition coefficient (Wildman–Crippen LogP) is 4.19. The molecule has 174 valence electrons. The molecule has 1 saturated carbocycles. The van der Waals surface area contributed by atoms with E-state index in [0.29, 0.717) is 18.0 Å². The number of hydrogen-bond donors (Lipinski definition) is 1. The standard InChI is InChI=1S/C23H24F2N4O4/c1-13(2)32-16-7-18-28-17(23-10-22(3,11-23)31-12-23)9-29(18)8-14(16)19(30)27-15-5-4-6-26-20(15)33-21(24)25/h4-9,13,21H,10-12H2,1-3H3,(H,27,30). The number of carbonyl (C=O) groups is 1. The summed E-state index contributed by atoms with van der Waals surface area (Å²) in [6.45, 7) is 3.37. The van der Waals surface area contributed by atoms with Crippen molar-refractivity contribution < 1.29 is 27.8 Å². The number of alkyl halides is 2. The zero-order valence-electron chi connectivity index (χ0n) is 18.5. The van der Waals surface area contributed by atoms with Crippen LogP contribution in [-0.4, -0.2) is 45.2 Å². The number of nitrogens with one attached hydrogen (secondary N) is 1. The third-order valence-corrected chi connectivity index (χ3v) is 6.05. The van der Waals surface area contributed by atoms with Crippen molar-refractivity contribution in [3.63, 3.8) is 0 Å². The van der Waals surface area contributed by atoms with Crippen LogP contribution in [0.2, 0.25) is 0 Å². The molecule has 0 atom stereocenters. The van der Waals surface area contributed by atoms with Gasteiger partial charge in [0.05, 0.1) is 29.6 Å². The van der Waals surface area contributed by atoms with Crippen LogP contribution in [0.3, 0.4) is 0 Å². The van der Waals surface area contributed by atoms with E-state index in [-0.39, 0.29) is 34.3 Å². The van der Waals surface area contributed by atoms with Crippen LogP contribution in [0.25, 0.3) is 5.65 Å². The third kappa shape index (κ3) is 3.88. The molecule has 1 N–H and O–H groups in total.